The van der Waals surface area contributed by atoms with Crippen LogP contribution < -0.4 is 9.46 Å². The van der Waals surface area contributed by atoms with Crippen molar-refractivity contribution in [1.82, 2.24) is 4.72 Å². The molecular formula is C16H11F3N2O4S. The molecule has 0 radical (unpaired) electrons. The fourth-order valence-electron chi connectivity index (χ4n) is 1.95. The van der Waals surface area contributed by atoms with Gasteiger partial charge in [0.2, 0.25) is 10.0 Å². The van der Waals surface area contributed by atoms with Gasteiger partial charge in [-0.25, -0.2) is 13.1 Å². The van der Waals surface area contributed by atoms with Crippen molar-refractivity contribution < 1.29 is 31.1 Å². The predicted octanol–water partition coefficient (Wildman–Crippen LogP) is 3.06. The standard InChI is InChI=1S/C16H11F3N2O4S/c1-26(23,24)21-15(22)14-7-6-13(8-10(14)9-20)25-12-4-2-11(3-5-12)16(17,18)19/h2-8H,1H3,(H,21,22). The second-order valence-corrected chi connectivity index (χ2v) is 6.90. The number of nitriles is 1. The highest BCUT2D eigenvalue weighted by Gasteiger charge is 2.30. The predicted molar refractivity (Wildman–Crippen MR) is 85.0 cm³/mol. The van der Waals surface area contributed by atoms with Gasteiger partial charge in [-0.1, -0.05) is 0 Å². The first-order chi connectivity index (χ1) is 12.0. The highest BCUT2D eigenvalue weighted by molar-refractivity contribution is 7.89. The summed E-state index contributed by atoms with van der Waals surface area (Å²) in [6.07, 6.45) is -3.68. The number of halogens is 3. The molecule has 0 aliphatic carbocycles. The SMILES string of the molecule is CS(=O)(=O)NC(=O)c1ccc(Oc2ccc(C(F)(F)F)cc2)cc1C#N. The number of hydrogen-bond acceptors (Lipinski definition) is 5. The van der Waals surface area contributed by atoms with E-state index in [2.05, 4.69) is 0 Å². The summed E-state index contributed by atoms with van der Waals surface area (Å²) in [4.78, 5) is 11.9. The third-order valence-electron chi connectivity index (χ3n) is 3.05. The van der Waals surface area contributed by atoms with Gasteiger partial charge in [0.25, 0.3) is 5.91 Å². The summed E-state index contributed by atoms with van der Waals surface area (Å²) in [6.45, 7) is 0. The molecule has 6 nitrogen and oxygen atoms in total. The van der Waals surface area contributed by atoms with E-state index in [0.717, 1.165) is 30.5 Å². The lowest BCUT2D eigenvalue weighted by molar-refractivity contribution is -0.137. The van der Waals surface area contributed by atoms with Gasteiger partial charge in [-0.2, -0.15) is 18.4 Å². The Kier molecular flexibility index (Phi) is 5.22. The number of ether oxygens (including phenoxy) is 1. The van der Waals surface area contributed by atoms with Crippen molar-refractivity contribution >= 4 is 15.9 Å². The Bertz CT molecular complexity index is 978. The van der Waals surface area contributed by atoms with E-state index in [1.54, 1.807) is 10.8 Å². The van der Waals surface area contributed by atoms with Gasteiger partial charge in [0.15, 0.2) is 0 Å². The van der Waals surface area contributed by atoms with E-state index in [-0.39, 0.29) is 22.6 Å². The van der Waals surface area contributed by atoms with E-state index in [0.29, 0.717) is 0 Å². The summed E-state index contributed by atoms with van der Waals surface area (Å²) in [5, 5.41) is 9.12. The number of carbonyl (C=O) groups excluding carboxylic acids is 1. The van der Waals surface area contributed by atoms with Gasteiger partial charge in [0.1, 0.15) is 17.6 Å². The van der Waals surface area contributed by atoms with Crippen LogP contribution in [0.4, 0.5) is 13.2 Å². The molecule has 1 amide bonds. The molecule has 0 spiro atoms. The van der Waals surface area contributed by atoms with Crippen LogP contribution in [-0.2, 0) is 16.2 Å². The Balaban J connectivity index is 2.24. The van der Waals surface area contributed by atoms with Gasteiger partial charge < -0.3 is 4.74 Å². The number of benzene rings is 2. The van der Waals surface area contributed by atoms with Gasteiger partial charge in [-0.3, -0.25) is 4.79 Å². The normalized spacial score (nSPS) is 11.5. The zero-order valence-corrected chi connectivity index (χ0v) is 14.0. The van der Waals surface area contributed by atoms with Crippen molar-refractivity contribution in [2.75, 3.05) is 6.26 Å². The van der Waals surface area contributed by atoms with Crippen molar-refractivity contribution in [3.8, 4) is 17.6 Å². The number of sulfonamides is 1. The second-order valence-electron chi connectivity index (χ2n) is 5.15. The maximum Gasteiger partial charge on any atom is 0.416 e. The van der Waals surface area contributed by atoms with Crippen LogP contribution in [0, 0.1) is 11.3 Å². The average Bonchev–Trinajstić information content (AvgIpc) is 2.52. The first kappa shape index (κ1) is 19.3. The average molecular weight is 384 g/mol. The third kappa shape index (κ3) is 4.97. The quantitative estimate of drug-likeness (QED) is 0.874. The van der Waals surface area contributed by atoms with E-state index in [9.17, 15) is 26.4 Å². The van der Waals surface area contributed by atoms with E-state index in [4.69, 9.17) is 10.00 Å². The highest BCUT2D eigenvalue weighted by atomic mass is 32.2. The van der Waals surface area contributed by atoms with Crippen LogP contribution in [0.3, 0.4) is 0 Å². The van der Waals surface area contributed by atoms with Gasteiger partial charge in [0, 0.05) is 0 Å². The molecule has 0 aliphatic heterocycles. The molecule has 0 bridgehead atoms. The molecule has 0 fully saturated rings. The molecule has 0 heterocycles. The number of rotatable bonds is 4. The maximum absolute atomic E-state index is 12.5. The molecule has 136 valence electrons. The van der Waals surface area contributed by atoms with Crippen molar-refractivity contribution in [2.45, 2.75) is 6.18 Å². The zero-order chi connectivity index (χ0) is 19.5. The number of hydrogen-bond donors (Lipinski definition) is 1. The Labute approximate surface area is 146 Å². The van der Waals surface area contributed by atoms with E-state index in [1.807, 2.05) is 0 Å². The van der Waals surface area contributed by atoms with Crippen molar-refractivity contribution in [3.63, 3.8) is 0 Å². The first-order valence-corrected chi connectivity index (χ1v) is 8.80. The maximum atomic E-state index is 12.5. The van der Waals surface area contributed by atoms with E-state index in [1.165, 1.54) is 18.2 Å². The lowest BCUT2D eigenvalue weighted by Gasteiger charge is -2.10. The molecule has 2 aromatic rings. The third-order valence-corrected chi connectivity index (χ3v) is 3.61. The van der Waals surface area contributed by atoms with Crippen molar-refractivity contribution in [3.05, 3.63) is 59.2 Å². The number of amides is 1. The fraction of sp³-hybridized carbons (Fsp3) is 0.125. The van der Waals surface area contributed by atoms with Gasteiger partial charge >= 0.3 is 6.18 Å². The Morgan fingerprint density at radius 1 is 1.12 bits per heavy atom. The van der Waals surface area contributed by atoms with Crippen molar-refractivity contribution in [1.29, 1.82) is 5.26 Å². The first-order valence-electron chi connectivity index (χ1n) is 6.91. The van der Waals surface area contributed by atoms with Crippen LogP contribution >= 0.6 is 0 Å². The molecule has 26 heavy (non-hydrogen) atoms. The number of alkyl halides is 3. The van der Waals surface area contributed by atoms with Crippen LogP contribution in [0.2, 0.25) is 0 Å². The second kappa shape index (κ2) is 7.05. The summed E-state index contributed by atoms with van der Waals surface area (Å²) < 4.78 is 66.9. The lowest BCUT2D eigenvalue weighted by atomic mass is 10.1. The van der Waals surface area contributed by atoms with Crippen LogP contribution in [0.25, 0.3) is 0 Å². The molecule has 1 N–H and O–H groups in total. The van der Waals surface area contributed by atoms with E-state index >= 15 is 0 Å². The molecule has 2 aromatic carbocycles. The van der Waals surface area contributed by atoms with Gasteiger partial charge in [0.05, 0.1) is 22.9 Å². The molecule has 10 heteroatoms. The highest BCUT2D eigenvalue weighted by Crippen LogP contribution is 2.31. The Hall–Kier alpha value is -3.06. The van der Waals surface area contributed by atoms with Crippen LogP contribution in [0.5, 0.6) is 11.5 Å². The molecule has 0 saturated heterocycles. The summed E-state index contributed by atoms with van der Waals surface area (Å²) in [5.41, 5.74) is -1.18. The van der Waals surface area contributed by atoms with Gasteiger partial charge in [-0.05, 0) is 42.5 Å². The Morgan fingerprint density at radius 3 is 2.19 bits per heavy atom. The van der Waals surface area contributed by atoms with Gasteiger partial charge in [-0.15, -0.1) is 0 Å². The smallest absolute Gasteiger partial charge is 0.416 e. The van der Waals surface area contributed by atoms with Crippen LogP contribution in [0.1, 0.15) is 21.5 Å². The molecule has 0 aromatic heterocycles. The number of carbonyl (C=O) groups is 1. The minimum atomic E-state index is -4.47. The summed E-state index contributed by atoms with van der Waals surface area (Å²) in [5.74, 6) is -0.794. The molecule has 0 aliphatic rings. The molecular weight excluding hydrogens is 373 g/mol. The summed E-state index contributed by atoms with van der Waals surface area (Å²) in [6, 6.07) is 9.28. The number of nitrogens with one attached hydrogen (secondary N) is 1. The minimum Gasteiger partial charge on any atom is -0.457 e. The monoisotopic (exact) mass is 384 g/mol. The molecule has 0 unspecified atom stereocenters. The molecule has 0 saturated carbocycles. The zero-order valence-electron chi connectivity index (χ0n) is 13.2. The molecule has 0 atom stereocenters. The Morgan fingerprint density at radius 2 is 1.69 bits per heavy atom. The summed E-state index contributed by atoms with van der Waals surface area (Å²) >= 11 is 0. The van der Waals surface area contributed by atoms with Crippen molar-refractivity contribution in [2.24, 2.45) is 0 Å². The lowest BCUT2D eigenvalue weighted by Crippen LogP contribution is -2.29. The largest absolute Gasteiger partial charge is 0.457 e. The van der Waals surface area contributed by atoms with E-state index < -0.39 is 27.7 Å². The van der Waals surface area contributed by atoms with Crippen LogP contribution in [-0.4, -0.2) is 20.6 Å². The number of nitrogens with zero attached hydrogens (tertiary/aromatic N) is 1. The van der Waals surface area contributed by atoms with Crippen LogP contribution in [0.15, 0.2) is 42.5 Å². The molecule has 2 rings (SSSR count). The minimum absolute atomic E-state index is 0.0928. The summed E-state index contributed by atoms with van der Waals surface area (Å²) in [7, 11) is -3.80. The fourth-order valence-corrected chi connectivity index (χ4v) is 2.40. The topological polar surface area (TPSA) is 96.3 Å².